The molecule has 0 fully saturated rings. The van der Waals surface area contributed by atoms with Crippen LogP contribution < -0.4 is 5.73 Å². The SMILES string of the molecule is CCOC(=O)c1c(N)cccc1CC(=O)CCl. The van der Waals surface area contributed by atoms with E-state index in [1.54, 1.807) is 25.1 Å². The van der Waals surface area contributed by atoms with E-state index in [-0.39, 0.29) is 30.3 Å². The molecule has 0 saturated heterocycles. The maximum Gasteiger partial charge on any atom is 0.340 e. The van der Waals surface area contributed by atoms with Crippen molar-refractivity contribution in [3.05, 3.63) is 29.3 Å². The van der Waals surface area contributed by atoms with Crippen molar-refractivity contribution in [2.75, 3.05) is 18.2 Å². The number of benzene rings is 1. The van der Waals surface area contributed by atoms with Gasteiger partial charge in [0.1, 0.15) is 0 Å². The van der Waals surface area contributed by atoms with Gasteiger partial charge in [0.05, 0.1) is 18.1 Å². The molecule has 0 spiro atoms. The average Bonchev–Trinajstić information content (AvgIpc) is 2.29. The number of ketones is 1. The first-order chi connectivity index (χ1) is 8.10. The van der Waals surface area contributed by atoms with Crippen LogP contribution in [0.25, 0.3) is 0 Å². The molecule has 0 saturated carbocycles. The second kappa shape index (κ2) is 6.25. The molecule has 1 aromatic carbocycles. The van der Waals surface area contributed by atoms with E-state index in [0.29, 0.717) is 11.3 Å². The lowest BCUT2D eigenvalue weighted by Gasteiger charge is -2.10. The standard InChI is InChI=1S/C12H14ClNO3/c1-2-17-12(16)11-8(6-9(15)7-13)4-3-5-10(11)14/h3-5H,2,6-7,14H2,1H3. The van der Waals surface area contributed by atoms with Gasteiger partial charge in [0.25, 0.3) is 0 Å². The Bertz CT molecular complexity index is 432. The number of nitrogens with two attached hydrogens (primary N) is 1. The zero-order valence-corrected chi connectivity index (χ0v) is 10.3. The van der Waals surface area contributed by atoms with Crippen LogP contribution in [0.3, 0.4) is 0 Å². The van der Waals surface area contributed by atoms with Gasteiger partial charge in [-0.15, -0.1) is 11.6 Å². The molecule has 0 heterocycles. The summed E-state index contributed by atoms with van der Waals surface area (Å²) in [5, 5.41) is 0. The van der Waals surface area contributed by atoms with E-state index < -0.39 is 5.97 Å². The highest BCUT2D eigenvalue weighted by atomic mass is 35.5. The van der Waals surface area contributed by atoms with Crippen molar-refractivity contribution in [3.8, 4) is 0 Å². The largest absolute Gasteiger partial charge is 0.462 e. The Labute approximate surface area is 105 Å². The summed E-state index contributed by atoms with van der Waals surface area (Å²) in [6.07, 6.45) is 0.0860. The van der Waals surface area contributed by atoms with Crippen molar-refractivity contribution >= 4 is 29.0 Å². The number of anilines is 1. The van der Waals surface area contributed by atoms with Crippen LogP contribution in [0, 0.1) is 0 Å². The first kappa shape index (κ1) is 13.5. The summed E-state index contributed by atoms with van der Waals surface area (Å²) in [6.45, 7) is 1.97. The van der Waals surface area contributed by atoms with Crippen LogP contribution in [0.2, 0.25) is 0 Å². The van der Waals surface area contributed by atoms with Gasteiger partial charge in [-0.05, 0) is 18.6 Å². The maximum absolute atomic E-state index is 11.7. The number of alkyl halides is 1. The minimum atomic E-state index is -0.511. The number of Topliss-reactive ketones (excluding diaryl/α,β-unsaturated/α-hetero) is 1. The Morgan fingerprint density at radius 1 is 1.41 bits per heavy atom. The van der Waals surface area contributed by atoms with Crippen LogP contribution in [0.4, 0.5) is 5.69 Å². The minimum absolute atomic E-state index is 0.0860. The Morgan fingerprint density at radius 2 is 2.12 bits per heavy atom. The van der Waals surface area contributed by atoms with Gasteiger partial charge in [0.2, 0.25) is 0 Å². The normalized spacial score (nSPS) is 10.0. The van der Waals surface area contributed by atoms with E-state index in [9.17, 15) is 9.59 Å². The molecule has 5 heteroatoms. The number of halogens is 1. The molecule has 0 unspecified atom stereocenters. The fraction of sp³-hybridized carbons (Fsp3) is 0.333. The predicted octanol–water partition coefficient (Wildman–Crippen LogP) is 1.80. The average molecular weight is 256 g/mol. The number of hydrogen-bond donors (Lipinski definition) is 1. The summed E-state index contributed by atoms with van der Waals surface area (Å²) in [5.74, 6) is -0.761. The number of esters is 1. The van der Waals surface area contributed by atoms with Crippen LogP contribution in [-0.4, -0.2) is 24.2 Å². The molecule has 92 valence electrons. The van der Waals surface area contributed by atoms with Gasteiger partial charge in [-0.2, -0.15) is 0 Å². The molecule has 0 aliphatic rings. The van der Waals surface area contributed by atoms with Gasteiger partial charge in [-0.1, -0.05) is 12.1 Å². The van der Waals surface area contributed by atoms with Crippen LogP contribution >= 0.6 is 11.6 Å². The Kier molecular flexibility index (Phi) is 4.97. The Balaban J connectivity index is 3.08. The number of carbonyl (C=O) groups excluding carboxylic acids is 2. The van der Waals surface area contributed by atoms with Crippen LogP contribution in [0.15, 0.2) is 18.2 Å². The van der Waals surface area contributed by atoms with Crippen LogP contribution in [-0.2, 0) is 16.0 Å². The summed E-state index contributed by atoms with van der Waals surface area (Å²) < 4.78 is 4.90. The summed E-state index contributed by atoms with van der Waals surface area (Å²) in [4.78, 5) is 23.0. The van der Waals surface area contributed by atoms with Crippen molar-refractivity contribution in [1.82, 2.24) is 0 Å². The third kappa shape index (κ3) is 3.46. The van der Waals surface area contributed by atoms with E-state index in [1.807, 2.05) is 0 Å². The molecule has 0 aliphatic heterocycles. The number of nitrogen functional groups attached to an aromatic ring is 1. The zero-order chi connectivity index (χ0) is 12.8. The molecule has 2 N–H and O–H groups in total. The van der Waals surface area contributed by atoms with Crippen molar-refractivity contribution in [2.45, 2.75) is 13.3 Å². The van der Waals surface area contributed by atoms with E-state index in [2.05, 4.69) is 0 Å². The molecular formula is C12H14ClNO3. The monoisotopic (exact) mass is 255 g/mol. The lowest BCUT2D eigenvalue weighted by Crippen LogP contribution is -2.14. The fourth-order valence-electron chi connectivity index (χ4n) is 1.48. The first-order valence-corrected chi connectivity index (χ1v) is 5.75. The molecule has 0 amide bonds. The molecule has 0 aromatic heterocycles. The molecule has 0 atom stereocenters. The van der Waals surface area contributed by atoms with Crippen molar-refractivity contribution in [2.24, 2.45) is 0 Å². The van der Waals surface area contributed by atoms with Gasteiger partial charge in [0, 0.05) is 12.1 Å². The smallest absolute Gasteiger partial charge is 0.340 e. The topological polar surface area (TPSA) is 69.4 Å². The molecule has 4 nitrogen and oxygen atoms in total. The molecule has 17 heavy (non-hydrogen) atoms. The van der Waals surface area contributed by atoms with Gasteiger partial charge in [-0.25, -0.2) is 4.79 Å². The molecule has 1 rings (SSSR count). The number of carbonyl (C=O) groups is 2. The second-order valence-corrected chi connectivity index (χ2v) is 3.72. The number of hydrogen-bond acceptors (Lipinski definition) is 4. The van der Waals surface area contributed by atoms with Crippen LogP contribution in [0.5, 0.6) is 0 Å². The van der Waals surface area contributed by atoms with E-state index >= 15 is 0 Å². The highest BCUT2D eigenvalue weighted by Gasteiger charge is 2.17. The summed E-state index contributed by atoms with van der Waals surface area (Å²) >= 11 is 5.44. The predicted molar refractivity (Wildman–Crippen MR) is 66.2 cm³/mol. The number of ether oxygens (including phenoxy) is 1. The maximum atomic E-state index is 11.7. The van der Waals surface area contributed by atoms with E-state index in [4.69, 9.17) is 22.1 Å². The van der Waals surface area contributed by atoms with Crippen LogP contribution in [0.1, 0.15) is 22.8 Å². The fourth-order valence-corrected chi connectivity index (χ4v) is 1.57. The van der Waals surface area contributed by atoms with E-state index in [1.165, 1.54) is 0 Å². The van der Waals surface area contributed by atoms with Gasteiger partial charge >= 0.3 is 5.97 Å². The molecule has 0 bridgehead atoms. The summed E-state index contributed by atoms with van der Waals surface area (Å²) in [5.41, 5.74) is 6.84. The first-order valence-electron chi connectivity index (χ1n) is 5.22. The Morgan fingerprint density at radius 3 is 2.71 bits per heavy atom. The lowest BCUT2D eigenvalue weighted by atomic mass is 10.0. The lowest BCUT2D eigenvalue weighted by molar-refractivity contribution is -0.116. The third-order valence-electron chi connectivity index (χ3n) is 2.20. The number of rotatable bonds is 5. The highest BCUT2D eigenvalue weighted by Crippen LogP contribution is 2.19. The Hall–Kier alpha value is -1.55. The van der Waals surface area contributed by atoms with E-state index in [0.717, 1.165) is 0 Å². The van der Waals surface area contributed by atoms with Crippen molar-refractivity contribution < 1.29 is 14.3 Å². The zero-order valence-electron chi connectivity index (χ0n) is 9.53. The van der Waals surface area contributed by atoms with Gasteiger partial charge in [0.15, 0.2) is 5.78 Å². The molecule has 0 aliphatic carbocycles. The van der Waals surface area contributed by atoms with Gasteiger partial charge in [-0.3, -0.25) is 4.79 Å². The molecule has 0 radical (unpaired) electrons. The van der Waals surface area contributed by atoms with Crippen molar-refractivity contribution in [1.29, 1.82) is 0 Å². The second-order valence-electron chi connectivity index (χ2n) is 3.45. The summed E-state index contributed by atoms with van der Waals surface area (Å²) in [7, 11) is 0. The quantitative estimate of drug-likeness (QED) is 0.495. The molecular weight excluding hydrogens is 242 g/mol. The molecule has 1 aromatic rings. The van der Waals surface area contributed by atoms with Crippen molar-refractivity contribution in [3.63, 3.8) is 0 Å². The van der Waals surface area contributed by atoms with Gasteiger partial charge < -0.3 is 10.5 Å². The summed E-state index contributed by atoms with van der Waals surface area (Å²) in [6, 6.07) is 4.96. The third-order valence-corrected chi connectivity index (χ3v) is 2.50. The highest BCUT2D eigenvalue weighted by molar-refractivity contribution is 6.27. The minimum Gasteiger partial charge on any atom is -0.462 e.